The van der Waals surface area contributed by atoms with Crippen molar-refractivity contribution in [3.63, 3.8) is 0 Å². The number of para-hydroxylation sites is 4. The molecule has 60 heavy (non-hydrogen) atoms. The van der Waals surface area contributed by atoms with Gasteiger partial charge in [-0.1, -0.05) is 153 Å². The van der Waals surface area contributed by atoms with Gasteiger partial charge in [0.15, 0.2) is 0 Å². The lowest BCUT2D eigenvalue weighted by Crippen LogP contribution is -2.16. The van der Waals surface area contributed by atoms with E-state index in [4.69, 9.17) is 4.42 Å². The van der Waals surface area contributed by atoms with Gasteiger partial charge >= 0.3 is 0 Å². The molecule has 0 amide bonds. The number of rotatable bonds is 6. The molecule has 2 heterocycles. The highest BCUT2D eigenvalue weighted by Gasteiger charge is 2.35. The fourth-order valence-corrected chi connectivity index (χ4v) is 9.90. The first-order chi connectivity index (χ1) is 29.5. The number of furan rings is 1. The lowest BCUT2D eigenvalue weighted by molar-refractivity contribution is 0.660. The Morgan fingerprint density at radius 1 is 0.433 bits per heavy atom. The van der Waals surface area contributed by atoms with E-state index in [1.807, 2.05) is 6.07 Å². The molecular weight excluding hydrogens is 729 g/mol. The Labute approximate surface area is 349 Å². The topological polar surface area (TPSA) is 21.3 Å². The predicted octanol–water partition coefficient (Wildman–Crippen LogP) is 15.8. The largest absolute Gasteiger partial charge is 0.455 e. The molecule has 3 heteroatoms. The van der Waals surface area contributed by atoms with Gasteiger partial charge < -0.3 is 13.9 Å². The van der Waals surface area contributed by atoms with Crippen LogP contribution in [0.5, 0.6) is 0 Å². The first-order valence-corrected chi connectivity index (χ1v) is 20.8. The maximum absolute atomic E-state index is 6.70. The third kappa shape index (κ3) is 5.15. The minimum Gasteiger partial charge on any atom is -0.455 e. The molecule has 2 aromatic heterocycles. The minimum atomic E-state index is -0.0811. The quantitative estimate of drug-likeness (QED) is 0.168. The Morgan fingerprint density at radius 2 is 1.02 bits per heavy atom. The standard InChI is InChI=1S/C57H40N2O/c1-57(2)50-22-12-9-19-44(50)45-34-33-43(35-51(45)57)58(40-15-5-3-6-16-40)42-31-29-38(30-32-42)37-25-27-39(28-26-37)48-36-49-46-20-11-14-24-53(46)60-56(49)54-47-21-10-13-23-52(47)59(55(48)54)41-17-7-4-8-18-41/h3-36H,1-2H3. The summed E-state index contributed by atoms with van der Waals surface area (Å²) in [6.07, 6.45) is 0. The van der Waals surface area contributed by atoms with Crippen LogP contribution >= 0.6 is 0 Å². The molecule has 0 aliphatic heterocycles. The van der Waals surface area contributed by atoms with E-state index in [-0.39, 0.29) is 5.41 Å². The summed E-state index contributed by atoms with van der Waals surface area (Å²) in [5.41, 5.74) is 18.6. The molecule has 284 valence electrons. The Kier molecular flexibility index (Phi) is 7.58. The van der Waals surface area contributed by atoms with Crippen LogP contribution < -0.4 is 4.90 Å². The molecule has 0 bridgehead atoms. The van der Waals surface area contributed by atoms with Crippen LogP contribution in [-0.4, -0.2) is 4.57 Å². The smallest absolute Gasteiger partial charge is 0.145 e. The lowest BCUT2D eigenvalue weighted by Gasteiger charge is -2.28. The van der Waals surface area contributed by atoms with Gasteiger partial charge in [0.2, 0.25) is 0 Å². The molecule has 1 aliphatic rings. The zero-order valence-corrected chi connectivity index (χ0v) is 33.4. The van der Waals surface area contributed by atoms with Gasteiger partial charge in [-0.15, -0.1) is 0 Å². The van der Waals surface area contributed by atoms with Gasteiger partial charge in [-0.25, -0.2) is 0 Å². The highest BCUT2D eigenvalue weighted by molar-refractivity contribution is 6.27. The van der Waals surface area contributed by atoms with Gasteiger partial charge in [-0.3, -0.25) is 0 Å². The summed E-state index contributed by atoms with van der Waals surface area (Å²) in [5.74, 6) is 0. The summed E-state index contributed by atoms with van der Waals surface area (Å²) >= 11 is 0. The maximum atomic E-state index is 6.70. The van der Waals surface area contributed by atoms with Gasteiger partial charge in [0.1, 0.15) is 11.2 Å². The van der Waals surface area contributed by atoms with Crippen LogP contribution in [0.15, 0.2) is 211 Å². The zero-order chi connectivity index (χ0) is 40.0. The monoisotopic (exact) mass is 768 g/mol. The Balaban J connectivity index is 0.962. The van der Waals surface area contributed by atoms with E-state index in [0.717, 1.165) is 66.7 Å². The Hall–Kier alpha value is -7.62. The van der Waals surface area contributed by atoms with Gasteiger partial charge in [-0.2, -0.15) is 0 Å². The van der Waals surface area contributed by atoms with Crippen LogP contribution in [0.1, 0.15) is 25.0 Å². The van der Waals surface area contributed by atoms with Crippen molar-refractivity contribution < 1.29 is 4.42 Å². The summed E-state index contributed by atoms with van der Waals surface area (Å²) in [7, 11) is 0. The van der Waals surface area contributed by atoms with E-state index in [1.54, 1.807) is 0 Å². The number of benzene rings is 9. The van der Waals surface area contributed by atoms with Gasteiger partial charge in [0, 0.05) is 49.9 Å². The summed E-state index contributed by atoms with van der Waals surface area (Å²) in [6.45, 7) is 4.69. The molecular formula is C57H40N2O. The number of nitrogens with zero attached hydrogens (tertiary/aromatic N) is 2. The van der Waals surface area contributed by atoms with Crippen LogP contribution in [0.4, 0.5) is 17.1 Å². The molecule has 0 spiro atoms. The van der Waals surface area contributed by atoms with Crippen LogP contribution in [-0.2, 0) is 5.41 Å². The van der Waals surface area contributed by atoms with E-state index >= 15 is 0 Å². The number of aromatic nitrogens is 1. The molecule has 9 aromatic carbocycles. The molecule has 0 unspecified atom stereocenters. The lowest BCUT2D eigenvalue weighted by atomic mass is 9.82. The second-order valence-corrected chi connectivity index (χ2v) is 16.5. The number of hydrogen-bond donors (Lipinski definition) is 0. The third-order valence-corrected chi connectivity index (χ3v) is 12.8. The first-order valence-electron chi connectivity index (χ1n) is 20.8. The third-order valence-electron chi connectivity index (χ3n) is 12.8. The van der Waals surface area contributed by atoms with Gasteiger partial charge in [-0.05, 0) is 106 Å². The van der Waals surface area contributed by atoms with Crippen LogP contribution in [0.2, 0.25) is 0 Å². The zero-order valence-electron chi connectivity index (χ0n) is 33.4. The molecule has 3 nitrogen and oxygen atoms in total. The molecule has 0 N–H and O–H groups in total. The van der Waals surface area contributed by atoms with Crippen molar-refractivity contribution in [3.05, 3.63) is 217 Å². The van der Waals surface area contributed by atoms with Crippen molar-refractivity contribution >= 4 is 60.8 Å². The average molecular weight is 769 g/mol. The van der Waals surface area contributed by atoms with Gasteiger partial charge in [0.25, 0.3) is 0 Å². The van der Waals surface area contributed by atoms with Crippen LogP contribution in [0.25, 0.3) is 82.8 Å². The molecule has 0 saturated heterocycles. The summed E-state index contributed by atoms with van der Waals surface area (Å²) < 4.78 is 9.10. The van der Waals surface area contributed by atoms with E-state index in [2.05, 4.69) is 224 Å². The van der Waals surface area contributed by atoms with E-state index in [9.17, 15) is 0 Å². The van der Waals surface area contributed by atoms with Crippen molar-refractivity contribution in [2.45, 2.75) is 19.3 Å². The van der Waals surface area contributed by atoms with Crippen LogP contribution in [0.3, 0.4) is 0 Å². The summed E-state index contributed by atoms with van der Waals surface area (Å²) in [5, 5.41) is 4.57. The van der Waals surface area contributed by atoms with Gasteiger partial charge in [0.05, 0.1) is 16.4 Å². The molecule has 11 aromatic rings. The predicted molar refractivity (Wildman–Crippen MR) is 251 cm³/mol. The normalized spacial score (nSPS) is 13.0. The van der Waals surface area contributed by atoms with E-state index < -0.39 is 0 Å². The van der Waals surface area contributed by atoms with Crippen molar-refractivity contribution in [1.29, 1.82) is 0 Å². The van der Waals surface area contributed by atoms with E-state index in [1.165, 1.54) is 44.3 Å². The molecule has 0 fully saturated rings. The second kappa shape index (κ2) is 13.2. The fraction of sp³-hybridized carbons (Fsp3) is 0.0526. The van der Waals surface area contributed by atoms with Crippen molar-refractivity contribution in [2.75, 3.05) is 4.90 Å². The number of fused-ring (bicyclic) bond motifs is 10. The number of anilines is 3. The summed E-state index contributed by atoms with van der Waals surface area (Å²) in [4.78, 5) is 2.37. The maximum Gasteiger partial charge on any atom is 0.145 e. The van der Waals surface area contributed by atoms with Crippen LogP contribution in [0, 0.1) is 0 Å². The van der Waals surface area contributed by atoms with E-state index in [0.29, 0.717) is 0 Å². The first kappa shape index (κ1) is 34.4. The molecule has 0 atom stereocenters. The van der Waals surface area contributed by atoms with Crippen molar-refractivity contribution in [1.82, 2.24) is 4.57 Å². The Morgan fingerprint density at radius 3 is 1.80 bits per heavy atom. The molecule has 0 saturated carbocycles. The SMILES string of the molecule is CC1(C)c2ccccc2-c2ccc(N(c3ccccc3)c3ccc(-c4ccc(-c5cc6c7ccccc7oc6c6c7ccccc7n(-c7ccccc7)c56)cc4)cc3)cc21. The minimum absolute atomic E-state index is 0.0811. The highest BCUT2D eigenvalue weighted by atomic mass is 16.3. The molecule has 12 rings (SSSR count). The number of hydrogen-bond acceptors (Lipinski definition) is 2. The Bertz CT molecular complexity index is 3430. The average Bonchev–Trinajstić information content (AvgIpc) is 3.93. The molecule has 0 radical (unpaired) electrons. The van der Waals surface area contributed by atoms with Crippen molar-refractivity contribution in [3.8, 4) is 39.1 Å². The fourth-order valence-electron chi connectivity index (χ4n) is 9.90. The molecule has 1 aliphatic carbocycles. The second-order valence-electron chi connectivity index (χ2n) is 16.5. The summed E-state index contributed by atoms with van der Waals surface area (Å²) in [6, 6.07) is 74.7. The van der Waals surface area contributed by atoms with Crippen molar-refractivity contribution in [2.24, 2.45) is 0 Å². The highest BCUT2D eigenvalue weighted by Crippen LogP contribution is 2.51.